The molecule has 0 saturated carbocycles. The fraction of sp³-hybridized carbons (Fsp3) is 0.571. The lowest BCUT2D eigenvalue weighted by Gasteiger charge is -2.28. The molecule has 1 aromatic rings. The molecule has 1 fully saturated rings. The standard InChI is InChI=1S/C14H20BrNO/c1-14(2,12-3-5-13(15)6-4-12)16-9-11-7-8-17-10-11/h3-6,11,16H,7-10H2,1-2H3/t11-/m1/s1. The van der Waals surface area contributed by atoms with Gasteiger partial charge in [0.2, 0.25) is 0 Å². The average molecular weight is 298 g/mol. The maximum absolute atomic E-state index is 5.40. The number of halogens is 1. The summed E-state index contributed by atoms with van der Waals surface area (Å²) in [4.78, 5) is 0. The zero-order valence-electron chi connectivity index (χ0n) is 10.5. The predicted molar refractivity (Wildman–Crippen MR) is 74.1 cm³/mol. The Bertz CT molecular complexity index is 355. The summed E-state index contributed by atoms with van der Waals surface area (Å²) in [7, 11) is 0. The Morgan fingerprint density at radius 1 is 1.35 bits per heavy atom. The lowest BCUT2D eigenvalue weighted by molar-refractivity contribution is 0.183. The smallest absolute Gasteiger partial charge is 0.0507 e. The van der Waals surface area contributed by atoms with E-state index in [2.05, 4.69) is 59.4 Å². The van der Waals surface area contributed by atoms with Crippen LogP contribution < -0.4 is 5.32 Å². The Balaban J connectivity index is 1.94. The number of hydrogen-bond acceptors (Lipinski definition) is 2. The van der Waals surface area contributed by atoms with Gasteiger partial charge in [-0.15, -0.1) is 0 Å². The molecule has 0 unspecified atom stereocenters. The van der Waals surface area contributed by atoms with Gasteiger partial charge in [-0.1, -0.05) is 28.1 Å². The van der Waals surface area contributed by atoms with E-state index in [1.54, 1.807) is 0 Å². The molecule has 2 rings (SSSR count). The van der Waals surface area contributed by atoms with Crippen LogP contribution in [0.1, 0.15) is 25.8 Å². The fourth-order valence-electron chi connectivity index (χ4n) is 2.11. The predicted octanol–water partition coefficient (Wildman–Crippen LogP) is 3.31. The zero-order chi connectivity index (χ0) is 12.3. The van der Waals surface area contributed by atoms with Crippen molar-refractivity contribution in [2.75, 3.05) is 19.8 Å². The van der Waals surface area contributed by atoms with E-state index in [9.17, 15) is 0 Å². The second-order valence-electron chi connectivity index (χ2n) is 5.24. The first-order valence-corrected chi connectivity index (χ1v) is 6.96. The number of ether oxygens (including phenoxy) is 1. The number of rotatable bonds is 4. The molecule has 1 aliphatic heterocycles. The highest BCUT2D eigenvalue weighted by Crippen LogP contribution is 2.23. The minimum atomic E-state index is 0.0172. The molecule has 0 radical (unpaired) electrons. The summed E-state index contributed by atoms with van der Waals surface area (Å²) in [6.07, 6.45) is 1.18. The molecule has 1 saturated heterocycles. The van der Waals surface area contributed by atoms with Gasteiger partial charge in [0.1, 0.15) is 0 Å². The van der Waals surface area contributed by atoms with Crippen molar-refractivity contribution in [2.24, 2.45) is 5.92 Å². The van der Waals surface area contributed by atoms with E-state index >= 15 is 0 Å². The number of hydrogen-bond donors (Lipinski definition) is 1. The molecule has 1 atom stereocenters. The molecular formula is C14H20BrNO. The molecule has 94 valence electrons. The van der Waals surface area contributed by atoms with Crippen molar-refractivity contribution in [1.82, 2.24) is 5.32 Å². The van der Waals surface area contributed by atoms with Gasteiger partial charge in [0.05, 0.1) is 6.61 Å². The lowest BCUT2D eigenvalue weighted by atomic mass is 9.93. The molecule has 0 spiro atoms. The van der Waals surface area contributed by atoms with Crippen molar-refractivity contribution in [2.45, 2.75) is 25.8 Å². The van der Waals surface area contributed by atoms with Crippen molar-refractivity contribution in [3.63, 3.8) is 0 Å². The Hall–Kier alpha value is -0.380. The van der Waals surface area contributed by atoms with Crippen LogP contribution in [-0.4, -0.2) is 19.8 Å². The van der Waals surface area contributed by atoms with Gasteiger partial charge in [-0.25, -0.2) is 0 Å². The summed E-state index contributed by atoms with van der Waals surface area (Å²) in [6.45, 7) is 7.32. The Morgan fingerprint density at radius 2 is 2.06 bits per heavy atom. The van der Waals surface area contributed by atoms with Gasteiger partial charge in [-0.3, -0.25) is 0 Å². The molecule has 0 aromatic heterocycles. The Morgan fingerprint density at radius 3 is 2.65 bits per heavy atom. The zero-order valence-corrected chi connectivity index (χ0v) is 12.1. The molecule has 1 heterocycles. The number of benzene rings is 1. The summed E-state index contributed by atoms with van der Waals surface area (Å²) < 4.78 is 6.52. The second-order valence-corrected chi connectivity index (χ2v) is 6.16. The highest BCUT2D eigenvalue weighted by atomic mass is 79.9. The second kappa shape index (κ2) is 5.51. The normalized spacial score (nSPS) is 20.8. The van der Waals surface area contributed by atoms with Crippen LogP contribution in [0.25, 0.3) is 0 Å². The van der Waals surface area contributed by atoms with E-state index in [-0.39, 0.29) is 5.54 Å². The van der Waals surface area contributed by atoms with Crippen LogP contribution in [0.2, 0.25) is 0 Å². The summed E-state index contributed by atoms with van der Waals surface area (Å²) in [6, 6.07) is 8.53. The van der Waals surface area contributed by atoms with Gasteiger partial charge in [-0.2, -0.15) is 0 Å². The van der Waals surface area contributed by atoms with Crippen LogP contribution in [-0.2, 0) is 10.3 Å². The molecule has 3 heteroatoms. The first-order valence-electron chi connectivity index (χ1n) is 6.17. The van der Waals surface area contributed by atoms with Gasteiger partial charge >= 0.3 is 0 Å². The van der Waals surface area contributed by atoms with E-state index in [0.717, 1.165) is 24.2 Å². The van der Waals surface area contributed by atoms with Crippen molar-refractivity contribution in [1.29, 1.82) is 0 Å². The number of nitrogens with one attached hydrogen (secondary N) is 1. The molecule has 1 aromatic carbocycles. The monoisotopic (exact) mass is 297 g/mol. The SMILES string of the molecule is CC(C)(NC[C@H]1CCOC1)c1ccc(Br)cc1. The maximum Gasteiger partial charge on any atom is 0.0507 e. The third kappa shape index (κ3) is 3.54. The van der Waals surface area contributed by atoms with Gasteiger partial charge in [0.25, 0.3) is 0 Å². The van der Waals surface area contributed by atoms with E-state index in [0.29, 0.717) is 5.92 Å². The minimum Gasteiger partial charge on any atom is -0.381 e. The third-order valence-electron chi connectivity index (χ3n) is 3.42. The quantitative estimate of drug-likeness (QED) is 0.921. The third-order valence-corrected chi connectivity index (χ3v) is 3.95. The van der Waals surface area contributed by atoms with Gasteiger partial charge in [0.15, 0.2) is 0 Å². The average Bonchev–Trinajstić information content (AvgIpc) is 2.80. The Labute approximate surface area is 112 Å². The van der Waals surface area contributed by atoms with E-state index in [1.807, 2.05) is 0 Å². The molecular weight excluding hydrogens is 278 g/mol. The summed E-state index contributed by atoms with van der Waals surface area (Å²) in [5, 5.41) is 3.64. The van der Waals surface area contributed by atoms with Crippen LogP contribution in [0.15, 0.2) is 28.7 Å². The first-order chi connectivity index (χ1) is 8.08. The fourth-order valence-corrected chi connectivity index (χ4v) is 2.38. The van der Waals surface area contributed by atoms with Crippen LogP contribution in [0.4, 0.5) is 0 Å². The largest absolute Gasteiger partial charge is 0.381 e. The van der Waals surface area contributed by atoms with Crippen molar-refractivity contribution >= 4 is 15.9 Å². The van der Waals surface area contributed by atoms with E-state index < -0.39 is 0 Å². The minimum absolute atomic E-state index is 0.0172. The maximum atomic E-state index is 5.40. The van der Waals surface area contributed by atoms with Crippen LogP contribution in [0.5, 0.6) is 0 Å². The molecule has 17 heavy (non-hydrogen) atoms. The topological polar surface area (TPSA) is 21.3 Å². The molecule has 0 aliphatic carbocycles. The van der Waals surface area contributed by atoms with Gasteiger partial charge in [0, 0.05) is 23.2 Å². The molecule has 0 bridgehead atoms. The van der Waals surface area contributed by atoms with Gasteiger partial charge in [-0.05, 0) is 43.9 Å². The highest BCUT2D eigenvalue weighted by molar-refractivity contribution is 9.10. The first kappa shape index (κ1) is 13.1. The Kier molecular flexibility index (Phi) is 4.23. The molecule has 1 aliphatic rings. The summed E-state index contributed by atoms with van der Waals surface area (Å²) in [5.41, 5.74) is 1.34. The molecule has 2 nitrogen and oxygen atoms in total. The van der Waals surface area contributed by atoms with E-state index in [4.69, 9.17) is 4.74 Å². The summed E-state index contributed by atoms with van der Waals surface area (Å²) in [5.74, 6) is 0.671. The lowest BCUT2D eigenvalue weighted by Crippen LogP contribution is -2.39. The molecule has 1 N–H and O–H groups in total. The van der Waals surface area contributed by atoms with E-state index in [1.165, 1.54) is 12.0 Å². The summed E-state index contributed by atoms with van der Waals surface area (Å²) >= 11 is 3.47. The highest BCUT2D eigenvalue weighted by Gasteiger charge is 2.23. The van der Waals surface area contributed by atoms with Crippen LogP contribution in [0, 0.1) is 5.92 Å². The van der Waals surface area contributed by atoms with Crippen molar-refractivity contribution in [3.8, 4) is 0 Å². The van der Waals surface area contributed by atoms with Gasteiger partial charge < -0.3 is 10.1 Å². The van der Waals surface area contributed by atoms with Crippen molar-refractivity contribution < 1.29 is 4.74 Å². The molecule has 0 amide bonds. The van der Waals surface area contributed by atoms with Crippen molar-refractivity contribution in [3.05, 3.63) is 34.3 Å². The van der Waals surface area contributed by atoms with Crippen LogP contribution in [0.3, 0.4) is 0 Å². The van der Waals surface area contributed by atoms with Crippen LogP contribution >= 0.6 is 15.9 Å².